The zero-order valence-corrected chi connectivity index (χ0v) is 10.6. The Bertz CT molecular complexity index is 227. The maximum atomic E-state index is 11.5. The van der Waals surface area contributed by atoms with Gasteiger partial charge < -0.3 is 4.79 Å². The van der Waals surface area contributed by atoms with Crippen LogP contribution in [0.1, 0.15) is 58.3 Å². The molecule has 0 atom stereocenters. The zero-order chi connectivity index (χ0) is 11.4. The van der Waals surface area contributed by atoms with Gasteiger partial charge in [0.05, 0.1) is 0 Å². The van der Waals surface area contributed by atoms with Crippen molar-refractivity contribution < 1.29 is 4.79 Å². The third kappa shape index (κ3) is 2.85. The van der Waals surface area contributed by atoms with E-state index in [4.69, 9.17) is 0 Å². The molecule has 2 saturated carbocycles. The van der Waals surface area contributed by atoms with Crippen LogP contribution in [0.2, 0.25) is 0 Å². The maximum Gasteiger partial charge on any atom is 0.127 e. The van der Waals surface area contributed by atoms with Gasteiger partial charge in [-0.25, -0.2) is 0 Å². The molecular weight excluding hydrogens is 198 g/mol. The van der Waals surface area contributed by atoms with E-state index in [-0.39, 0.29) is 5.41 Å². The summed E-state index contributed by atoms with van der Waals surface area (Å²) >= 11 is 0. The fraction of sp³-hybridized carbons (Fsp3) is 0.929. The minimum absolute atomic E-state index is 0.00486. The van der Waals surface area contributed by atoms with Crippen LogP contribution in [0.3, 0.4) is 0 Å². The topological polar surface area (TPSA) is 20.3 Å². The van der Waals surface area contributed by atoms with Gasteiger partial charge in [0.25, 0.3) is 0 Å². The summed E-state index contributed by atoms with van der Waals surface area (Å²) in [4.78, 5) is 14.0. The summed E-state index contributed by atoms with van der Waals surface area (Å²) in [7, 11) is 0. The first-order valence-electron chi connectivity index (χ1n) is 7.00. The SMILES string of the molecule is CCN(CC1(C=O)CCCCCC1)C1CC1. The van der Waals surface area contributed by atoms with Gasteiger partial charge in [0.1, 0.15) is 6.29 Å². The highest BCUT2D eigenvalue weighted by Gasteiger charge is 2.37. The van der Waals surface area contributed by atoms with Crippen LogP contribution >= 0.6 is 0 Å². The predicted octanol–water partition coefficient (Wildman–Crippen LogP) is 3.01. The number of hydrogen-bond acceptors (Lipinski definition) is 2. The van der Waals surface area contributed by atoms with Crippen molar-refractivity contribution in [2.24, 2.45) is 5.41 Å². The van der Waals surface area contributed by atoms with Crippen molar-refractivity contribution in [3.05, 3.63) is 0 Å². The fourth-order valence-electron chi connectivity index (χ4n) is 3.09. The molecule has 2 aliphatic rings. The smallest absolute Gasteiger partial charge is 0.127 e. The average molecular weight is 223 g/mol. The molecule has 2 fully saturated rings. The molecule has 0 aliphatic heterocycles. The van der Waals surface area contributed by atoms with Crippen molar-refractivity contribution in [3.63, 3.8) is 0 Å². The van der Waals surface area contributed by atoms with Crippen LogP contribution in [-0.4, -0.2) is 30.3 Å². The van der Waals surface area contributed by atoms with E-state index in [0.717, 1.165) is 32.0 Å². The number of rotatable bonds is 5. The van der Waals surface area contributed by atoms with Gasteiger partial charge in [-0.05, 0) is 32.2 Å². The molecule has 0 aromatic heterocycles. The highest BCUT2D eigenvalue weighted by atomic mass is 16.1. The van der Waals surface area contributed by atoms with E-state index >= 15 is 0 Å². The van der Waals surface area contributed by atoms with Crippen LogP contribution in [0.5, 0.6) is 0 Å². The van der Waals surface area contributed by atoms with Crippen LogP contribution in [0.15, 0.2) is 0 Å². The van der Waals surface area contributed by atoms with Crippen molar-refractivity contribution in [2.45, 2.75) is 64.3 Å². The van der Waals surface area contributed by atoms with E-state index in [2.05, 4.69) is 11.8 Å². The largest absolute Gasteiger partial charge is 0.303 e. The fourth-order valence-corrected chi connectivity index (χ4v) is 3.09. The van der Waals surface area contributed by atoms with Gasteiger partial charge in [0, 0.05) is 18.0 Å². The first-order valence-corrected chi connectivity index (χ1v) is 7.00. The van der Waals surface area contributed by atoms with E-state index in [1.54, 1.807) is 0 Å². The van der Waals surface area contributed by atoms with E-state index in [1.165, 1.54) is 44.8 Å². The molecule has 0 aromatic carbocycles. The van der Waals surface area contributed by atoms with Crippen LogP contribution < -0.4 is 0 Å². The second kappa shape index (κ2) is 5.31. The van der Waals surface area contributed by atoms with Crippen LogP contribution in [0.25, 0.3) is 0 Å². The van der Waals surface area contributed by atoms with Crippen LogP contribution in [0, 0.1) is 5.41 Å². The Balaban J connectivity index is 1.97. The quantitative estimate of drug-likeness (QED) is 0.527. The lowest BCUT2D eigenvalue weighted by Crippen LogP contribution is -2.40. The van der Waals surface area contributed by atoms with Crippen molar-refractivity contribution in [1.29, 1.82) is 0 Å². The highest BCUT2D eigenvalue weighted by Crippen LogP contribution is 2.37. The number of aldehydes is 1. The summed E-state index contributed by atoms with van der Waals surface area (Å²) in [6, 6.07) is 0.796. The zero-order valence-electron chi connectivity index (χ0n) is 10.6. The molecule has 2 aliphatic carbocycles. The molecule has 0 N–H and O–H groups in total. The summed E-state index contributed by atoms with van der Waals surface area (Å²) in [6.45, 7) is 4.37. The standard InChI is InChI=1S/C14H25NO/c1-2-15(13-7-8-13)11-14(12-16)9-5-3-4-6-10-14/h12-13H,2-11H2,1H3. The first-order chi connectivity index (χ1) is 7.79. The molecule has 16 heavy (non-hydrogen) atoms. The van der Waals surface area contributed by atoms with E-state index < -0.39 is 0 Å². The summed E-state index contributed by atoms with van der Waals surface area (Å²) in [5.41, 5.74) is -0.00486. The maximum absolute atomic E-state index is 11.5. The molecule has 2 rings (SSSR count). The lowest BCUT2D eigenvalue weighted by molar-refractivity contribution is -0.118. The molecule has 0 radical (unpaired) electrons. The van der Waals surface area contributed by atoms with Gasteiger partial charge in [-0.1, -0.05) is 32.6 Å². The van der Waals surface area contributed by atoms with Gasteiger partial charge in [0.15, 0.2) is 0 Å². The lowest BCUT2D eigenvalue weighted by atomic mass is 9.81. The Morgan fingerprint density at radius 3 is 2.25 bits per heavy atom. The third-order valence-electron chi connectivity index (χ3n) is 4.34. The molecule has 0 bridgehead atoms. The van der Waals surface area contributed by atoms with Gasteiger partial charge in [-0.15, -0.1) is 0 Å². The molecule has 2 heteroatoms. The molecule has 92 valence electrons. The third-order valence-corrected chi connectivity index (χ3v) is 4.34. The van der Waals surface area contributed by atoms with Crippen LogP contribution in [-0.2, 0) is 4.79 Å². The van der Waals surface area contributed by atoms with Crippen molar-refractivity contribution >= 4 is 6.29 Å². The van der Waals surface area contributed by atoms with E-state index in [1.807, 2.05) is 0 Å². The first kappa shape index (κ1) is 12.1. The monoisotopic (exact) mass is 223 g/mol. The Labute approximate surface area is 99.4 Å². The second-order valence-corrected chi connectivity index (χ2v) is 5.69. The van der Waals surface area contributed by atoms with Crippen molar-refractivity contribution in [1.82, 2.24) is 4.90 Å². The van der Waals surface area contributed by atoms with Gasteiger partial charge in [-0.2, -0.15) is 0 Å². The predicted molar refractivity (Wildman–Crippen MR) is 66.5 cm³/mol. The number of nitrogens with zero attached hydrogens (tertiary/aromatic N) is 1. The number of carbonyl (C=O) groups excluding carboxylic acids is 1. The molecule has 0 aromatic rings. The van der Waals surface area contributed by atoms with Gasteiger partial charge >= 0.3 is 0 Å². The molecule has 0 amide bonds. The number of hydrogen-bond donors (Lipinski definition) is 0. The minimum Gasteiger partial charge on any atom is -0.303 e. The van der Waals surface area contributed by atoms with Crippen molar-refractivity contribution in [2.75, 3.05) is 13.1 Å². The lowest BCUT2D eigenvalue weighted by Gasteiger charge is -2.33. The Kier molecular flexibility index (Phi) is 4.01. The van der Waals surface area contributed by atoms with Crippen molar-refractivity contribution in [3.8, 4) is 0 Å². The molecule has 2 nitrogen and oxygen atoms in total. The summed E-state index contributed by atoms with van der Waals surface area (Å²) in [6.07, 6.45) is 11.4. The normalized spacial score (nSPS) is 25.4. The molecular formula is C14H25NO. The van der Waals surface area contributed by atoms with Crippen LogP contribution in [0.4, 0.5) is 0 Å². The minimum atomic E-state index is -0.00486. The highest BCUT2D eigenvalue weighted by molar-refractivity contribution is 5.59. The molecule has 0 heterocycles. The Hall–Kier alpha value is -0.370. The summed E-state index contributed by atoms with van der Waals surface area (Å²) < 4.78 is 0. The molecule has 0 unspecified atom stereocenters. The summed E-state index contributed by atoms with van der Waals surface area (Å²) in [5.74, 6) is 0. The molecule has 0 spiro atoms. The average Bonchev–Trinajstić information content (AvgIpc) is 3.13. The molecule has 0 saturated heterocycles. The number of carbonyl (C=O) groups is 1. The Morgan fingerprint density at radius 2 is 1.81 bits per heavy atom. The van der Waals surface area contributed by atoms with E-state index in [9.17, 15) is 4.79 Å². The van der Waals surface area contributed by atoms with Gasteiger partial charge in [-0.3, -0.25) is 4.90 Å². The van der Waals surface area contributed by atoms with Gasteiger partial charge in [0.2, 0.25) is 0 Å². The summed E-state index contributed by atoms with van der Waals surface area (Å²) in [5, 5.41) is 0. The van der Waals surface area contributed by atoms with E-state index in [0.29, 0.717) is 0 Å². The second-order valence-electron chi connectivity index (χ2n) is 5.69. The Morgan fingerprint density at radius 1 is 1.19 bits per heavy atom.